The minimum atomic E-state index is -4.00. The van der Waals surface area contributed by atoms with E-state index < -0.39 is 22.0 Å². The molecule has 2 atom stereocenters. The topological polar surface area (TPSA) is 80.8 Å². The molecule has 182 valence electrons. The predicted octanol–water partition coefficient (Wildman–Crippen LogP) is 4.85. The van der Waals surface area contributed by atoms with E-state index in [0.717, 1.165) is 22.3 Å². The predicted molar refractivity (Wildman–Crippen MR) is 137 cm³/mol. The molecule has 4 aromatic rings. The van der Waals surface area contributed by atoms with Crippen molar-refractivity contribution in [1.82, 2.24) is 0 Å². The lowest BCUT2D eigenvalue weighted by atomic mass is 9.55. The summed E-state index contributed by atoms with van der Waals surface area (Å²) in [6.07, 6.45) is 0. The SMILES string of the molecule is O=C1[C@H]2C3c4ccccc4C(c4ccccc43)[C@@H]2C(=O)N1c1ccc(OS(=O)(=O)c2ccccc2)cc1. The molecule has 0 spiro atoms. The van der Waals surface area contributed by atoms with Crippen LogP contribution in [0.1, 0.15) is 34.1 Å². The highest BCUT2D eigenvalue weighted by Crippen LogP contribution is 2.61. The molecule has 1 saturated heterocycles. The van der Waals surface area contributed by atoms with Crippen LogP contribution in [0.4, 0.5) is 5.69 Å². The van der Waals surface area contributed by atoms with Crippen molar-refractivity contribution in [1.29, 1.82) is 0 Å². The van der Waals surface area contributed by atoms with Gasteiger partial charge in [0.2, 0.25) is 11.8 Å². The Kier molecular flexibility index (Phi) is 4.69. The van der Waals surface area contributed by atoms with Crippen LogP contribution in [0, 0.1) is 11.8 Å². The van der Waals surface area contributed by atoms with Crippen LogP contribution in [-0.4, -0.2) is 20.2 Å². The third-order valence-corrected chi connectivity index (χ3v) is 9.04. The van der Waals surface area contributed by atoms with Crippen LogP contribution in [0.25, 0.3) is 0 Å². The van der Waals surface area contributed by atoms with Gasteiger partial charge in [-0.2, -0.15) is 8.42 Å². The van der Waals surface area contributed by atoms with E-state index in [0.29, 0.717) is 5.69 Å². The molecule has 1 fully saturated rings. The van der Waals surface area contributed by atoms with Gasteiger partial charge in [0.1, 0.15) is 10.6 Å². The van der Waals surface area contributed by atoms with Gasteiger partial charge in [-0.05, 0) is 58.7 Å². The number of amides is 2. The van der Waals surface area contributed by atoms with Gasteiger partial charge >= 0.3 is 10.1 Å². The van der Waals surface area contributed by atoms with Crippen LogP contribution < -0.4 is 9.08 Å². The standard InChI is InChI=1S/C30H21NO5S/c32-29-27-25-21-10-4-5-11-22(21)26(24-13-7-6-12-23(24)25)28(27)30(33)31(29)18-14-16-19(17-15-18)36-37(34,35)20-8-2-1-3-9-20/h1-17,25-28H/t25?,26?,27-,28-/m0/s1. The summed E-state index contributed by atoms with van der Waals surface area (Å²) in [6.45, 7) is 0. The molecule has 1 aliphatic heterocycles. The molecule has 0 unspecified atom stereocenters. The summed E-state index contributed by atoms with van der Waals surface area (Å²) >= 11 is 0. The van der Waals surface area contributed by atoms with Crippen molar-refractivity contribution in [3.63, 3.8) is 0 Å². The van der Waals surface area contributed by atoms with Crippen LogP contribution in [0.2, 0.25) is 0 Å². The Labute approximate surface area is 214 Å². The quantitative estimate of drug-likeness (QED) is 0.291. The Morgan fingerprint density at radius 2 is 1.00 bits per heavy atom. The highest BCUT2D eigenvalue weighted by atomic mass is 32.2. The number of carbonyl (C=O) groups excluding carboxylic acids is 2. The van der Waals surface area contributed by atoms with E-state index in [1.165, 1.54) is 29.2 Å². The van der Waals surface area contributed by atoms with Gasteiger partial charge in [-0.15, -0.1) is 0 Å². The van der Waals surface area contributed by atoms with Crippen LogP contribution in [-0.2, 0) is 19.7 Å². The Balaban J connectivity index is 1.24. The van der Waals surface area contributed by atoms with Crippen LogP contribution >= 0.6 is 0 Å². The zero-order valence-corrected chi connectivity index (χ0v) is 20.3. The number of anilines is 1. The molecule has 0 N–H and O–H groups in total. The largest absolute Gasteiger partial charge is 0.379 e. The average molecular weight is 508 g/mol. The molecule has 6 nitrogen and oxygen atoms in total. The summed E-state index contributed by atoms with van der Waals surface area (Å²) in [4.78, 5) is 29.0. The molecule has 37 heavy (non-hydrogen) atoms. The van der Waals surface area contributed by atoms with Crippen molar-refractivity contribution >= 4 is 27.6 Å². The van der Waals surface area contributed by atoms with Gasteiger partial charge in [0.05, 0.1) is 17.5 Å². The highest BCUT2D eigenvalue weighted by molar-refractivity contribution is 7.87. The molecule has 7 heteroatoms. The van der Waals surface area contributed by atoms with E-state index in [2.05, 4.69) is 24.3 Å². The maximum absolute atomic E-state index is 13.8. The van der Waals surface area contributed by atoms with Gasteiger partial charge in [-0.3, -0.25) is 9.59 Å². The van der Waals surface area contributed by atoms with Crippen molar-refractivity contribution in [3.8, 4) is 5.75 Å². The molecule has 4 aliphatic rings. The molecule has 4 aromatic carbocycles. The minimum absolute atomic E-state index is 0.0441. The second kappa shape index (κ2) is 7.88. The number of rotatable bonds is 4. The number of nitrogens with zero attached hydrogens (tertiary/aromatic N) is 1. The van der Waals surface area contributed by atoms with Crippen molar-refractivity contribution in [2.45, 2.75) is 16.7 Å². The van der Waals surface area contributed by atoms with Crippen molar-refractivity contribution in [2.75, 3.05) is 4.90 Å². The number of benzene rings is 4. The Morgan fingerprint density at radius 1 is 0.568 bits per heavy atom. The van der Waals surface area contributed by atoms with Crippen LogP contribution in [0.5, 0.6) is 5.75 Å². The summed E-state index contributed by atoms with van der Waals surface area (Å²) in [5.41, 5.74) is 4.87. The first-order chi connectivity index (χ1) is 18.0. The summed E-state index contributed by atoms with van der Waals surface area (Å²) in [5, 5.41) is 0. The Hall–Kier alpha value is -4.23. The first-order valence-corrected chi connectivity index (χ1v) is 13.5. The monoisotopic (exact) mass is 507 g/mol. The van der Waals surface area contributed by atoms with Gasteiger partial charge in [0.15, 0.2) is 0 Å². The van der Waals surface area contributed by atoms with E-state index in [9.17, 15) is 18.0 Å². The Bertz CT molecular complexity index is 1570. The third kappa shape index (κ3) is 3.13. The van der Waals surface area contributed by atoms with E-state index in [-0.39, 0.29) is 34.3 Å². The van der Waals surface area contributed by atoms with Gasteiger partial charge in [-0.1, -0.05) is 66.7 Å². The molecule has 8 rings (SSSR count). The Morgan fingerprint density at radius 3 is 1.46 bits per heavy atom. The second-order valence-corrected chi connectivity index (χ2v) is 11.2. The van der Waals surface area contributed by atoms with Crippen LogP contribution in [0.3, 0.4) is 0 Å². The van der Waals surface area contributed by atoms with Crippen LogP contribution in [0.15, 0.2) is 108 Å². The fourth-order valence-corrected chi connectivity index (χ4v) is 7.30. The average Bonchev–Trinajstić information content (AvgIpc) is 3.20. The molecule has 2 amide bonds. The molecule has 2 bridgehead atoms. The van der Waals surface area contributed by atoms with Crippen molar-refractivity contribution in [3.05, 3.63) is 125 Å². The lowest BCUT2D eigenvalue weighted by Gasteiger charge is -2.45. The first kappa shape index (κ1) is 22.0. The van der Waals surface area contributed by atoms with E-state index in [4.69, 9.17) is 4.18 Å². The smallest absolute Gasteiger partial charge is 0.339 e. The maximum atomic E-state index is 13.8. The van der Waals surface area contributed by atoms with E-state index >= 15 is 0 Å². The molecular formula is C30H21NO5S. The number of imide groups is 1. The summed E-state index contributed by atoms with van der Waals surface area (Å²) < 4.78 is 30.4. The van der Waals surface area contributed by atoms with E-state index in [1.807, 2.05) is 24.3 Å². The third-order valence-electron chi connectivity index (χ3n) is 7.78. The fraction of sp³-hybridized carbons (Fsp3) is 0.133. The molecule has 3 aliphatic carbocycles. The number of carbonyl (C=O) groups is 2. The second-order valence-electron chi connectivity index (χ2n) is 9.62. The van der Waals surface area contributed by atoms with Crippen molar-refractivity contribution < 1.29 is 22.2 Å². The zero-order valence-electron chi connectivity index (χ0n) is 19.5. The lowest BCUT2D eigenvalue weighted by Crippen LogP contribution is -2.41. The van der Waals surface area contributed by atoms with Gasteiger partial charge in [-0.25, -0.2) is 4.90 Å². The molecule has 0 saturated carbocycles. The summed E-state index contributed by atoms with van der Waals surface area (Å²) in [7, 11) is -4.00. The van der Waals surface area contributed by atoms with Gasteiger partial charge in [0, 0.05) is 11.8 Å². The van der Waals surface area contributed by atoms with Crippen molar-refractivity contribution in [2.24, 2.45) is 11.8 Å². The zero-order chi connectivity index (χ0) is 25.3. The molecule has 1 heterocycles. The lowest BCUT2D eigenvalue weighted by molar-refractivity contribution is -0.122. The number of hydrogen-bond donors (Lipinski definition) is 0. The van der Waals surface area contributed by atoms with E-state index in [1.54, 1.807) is 30.3 Å². The van der Waals surface area contributed by atoms with Gasteiger partial charge in [0.25, 0.3) is 0 Å². The maximum Gasteiger partial charge on any atom is 0.339 e. The fourth-order valence-electron chi connectivity index (χ4n) is 6.34. The first-order valence-electron chi connectivity index (χ1n) is 12.1. The number of hydrogen-bond acceptors (Lipinski definition) is 5. The highest BCUT2D eigenvalue weighted by Gasteiger charge is 2.61. The van der Waals surface area contributed by atoms with Gasteiger partial charge < -0.3 is 4.18 Å². The minimum Gasteiger partial charge on any atom is -0.379 e. The summed E-state index contributed by atoms with van der Waals surface area (Å²) in [5.74, 6) is -1.65. The molecular weight excluding hydrogens is 486 g/mol. The molecule has 0 radical (unpaired) electrons. The molecule has 0 aromatic heterocycles. The normalized spacial score (nSPS) is 23.4. The summed E-state index contributed by atoms with van der Waals surface area (Å²) in [6, 6.07) is 30.1.